The summed E-state index contributed by atoms with van der Waals surface area (Å²) in [5.41, 5.74) is -0.469. The number of benzene rings is 1. The van der Waals surface area contributed by atoms with Crippen molar-refractivity contribution in [3.63, 3.8) is 0 Å². The molecule has 0 saturated carbocycles. The third-order valence-electron chi connectivity index (χ3n) is 2.26. The van der Waals surface area contributed by atoms with Crippen LogP contribution in [0.1, 0.15) is 23.7 Å². The minimum absolute atomic E-state index is 0.0981. The molecule has 0 aliphatic heterocycles. The highest BCUT2D eigenvalue weighted by atomic mass is 19.1. The van der Waals surface area contributed by atoms with Gasteiger partial charge in [0.05, 0.1) is 23.2 Å². The van der Waals surface area contributed by atoms with Gasteiger partial charge in [0, 0.05) is 12.5 Å². The van der Waals surface area contributed by atoms with Crippen molar-refractivity contribution in [1.29, 1.82) is 0 Å². The van der Waals surface area contributed by atoms with E-state index in [0.29, 0.717) is 12.5 Å². The molecule has 0 aliphatic carbocycles. The first-order chi connectivity index (χ1) is 8.82. The Labute approximate surface area is 108 Å². The fourth-order valence-corrected chi connectivity index (χ4v) is 1.30. The molecular formula is C12H12FNO5. The number of ether oxygens (including phenoxy) is 1. The molecule has 102 valence electrons. The molecule has 19 heavy (non-hydrogen) atoms. The van der Waals surface area contributed by atoms with Crippen LogP contribution in [0.25, 0.3) is 0 Å². The molecule has 0 bridgehead atoms. The van der Waals surface area contributed by atoms with E-state index >= 15 is 0 Å². The summed E-state index contributed by atoms with van der Waals surface area (Å²) in [4.78, 5) is 20.7. The number of rotatable bonds is 6. The largest absolute Gasteiger partial charge is 0.486 e. The van der Waals surface area contributed by atoms with Gasteiger partial charge in [-0.15, -0.1) is 6.58 Å². The molecule has 0 fully saturated rings. The standard InChI is InChI=1S/C12H12FNO5/c1-7(2)3-4-19-11-5-8(12(15)16)9(13)6-10(11)14(17)18/h5-6H,1,3-4H2,2H3,(H,15,16). The number of aromatic carboxylic acids is 1. The van der Waals surface area contributed by atoms with E-state index in [4.69, 9.17) is 9.84 Å². The highest BCUT2D eigenvalue weighted by molar-refractivity contribution is 5.89. The van der Waals surface area contributed by atoms with E-state index in [1.807, 2.05) is 0 Å². The van der Waals surface area contributed by atoms with Gasteiger partial charge in [-0.1, -0.05) is 5.57 Å². The molecule has 1 rings (SSSR count). The lowest BCUT2D eigenvalue weighted by Crippen LogP contribution is -2.06. The van der Waals surface area contributed by atoms with E-state index in [1.54, 1.807) is 6.92 Å². The molecule has 1 aromatic rings. The first kappa shape index (κ1) is 14.6. The van der Waals surface area contributed by atoms with Gasteiger partial charge < -0.3 is 9.84 Å². The van der Waals surface area contributed by atoms with Crippen LogP contribution in [-0.4, -0.2) is 22.6 Å². The Hall–Kier alpha value is -2.44. The average molecular weight is 269 g/mol. The van der Waals surface area contributed by atoms with Crippen LogP contribution in [0, 0.1) is 15.9 Å². The van der Waals surface area contributed by atoms with Crippen molar-refractivity contribution < 1.29 is 24.0 Å². The van der Waals surface area contributed by atoms with Gasteiger partial charge in [-0.25, -0.2) is 9.18 Å². The van der Waals surface area contributed by atoms with E-state index in [1.165, 1.54) is 0 Å². The van der Waals surface area contributed by atoms with Crippen LogP contribution in [0.3, 0.4) is 0 Å². The fourth-order valence-electron chi connectivity index (χ4n) is 1.30. The Balaban J connectivity index is 3.10. The molecule has 0 amide bonds. The molecule has 0 spiro atoms. The second-order valence-electron chi connectivity index (χ2n) is 3.92. The summed E-state index contributed by atoms with van der Waals surface area (Å²) in [6.45, 7) is 5.49. The topological polar surface area (TPSA) is 89.7 Å². The average Bonchev–Trinajstić information content (AvgIpc) is 2.29. The van der Waals surface area contributed by atoms with Gasteiger partial charge in [0.1, 0.15) is 5.82 Å². The second-order valence-corrected chi connectivity index (χ2v) is 3.92. The normalized spacial score (nSPS) is 10.0. The monoisotopic (exact) mass is 269 g/mol. The van der Waals surface area contributed by atoms with E-state index in [2.05, 4.69) is 6.58 Å². The lowest BCUT2D eigenvalue weighted by molar-refractivity contribution is -0.386. The van der Waals surface area contributed by atoms with Crippen molar-refractivity contribution >= 4 is 11.7 Å². The van der Waals surface area contributed by atoms with E-state index in [0.717, 1.165) is 11.6 Å². The quantitative estimate of drug-likeness (QED) is 0.487. The summed E-state index contributed by atoms with van der Waals surface area (Å²) in [6, 6.07) is 1.35. The maximum atomic E-state index is 13.3. The zero-order valence-corrected chi connectivity index (χ0v) is 10.2. The number of hydrogen-bond acceptors (Lipinski definition) is 4. The minimum Gasteiger partial charge on any atom is -0.486 e. The predicted octanol–water partition coefficient (Wildman–Crippen LogP) is 2.78. The van der Waals surface area contributed by atoms with Crippen LogP contribution < -0.4 is 4.74 Å². The summed E-state index contributed by atoms with van der Waals surface area (Å²) in [7, 11) is 0. The zero-order chi connectivity index (χ0) is 14.6. The van der Waals surface area contributed by atoms with Crippen molar-refractivity contribution in [3.8, 4) is 5.75 Å². The molecule has 0 saturated heterocycles. The van der Waals surface area contributed by atoms with E-state index in [-0.39, 0.29) is 12.4 Å². The highest BCUT2D eigenvalue weighted by Crippen LogP contribution is 2.30. The second kappa shape index (κ2) is 5.94. The summed E-state index contributed by atoms with van der Waals surface area (Å²) in [6.07, 6.45) is 0.455. The molecule has 6 nitrogen and oxygen atoms in total. The number of carboxylic acid groups (broad SMARTS) is 1. The van der Waals surface area contributed by atoms with Crippen molar-refractivity contribution in [2.45, 2.75) is 13.3 Å². The highest BCUT2D eigenvalue weighted by Gasteiger charge is 2.22. The van der Waals surface area contributed by atoms with Crippen LogP contribution in [0.5, 0.6) is 5.75 Å². The number of carboxylic acids is 1. The Bertz CT molecular complexity index is 541. The van der Waals surface area contributed by atoms with Crippen LogP contribution in [0.15, 0.2) is 24.3 Å². The van der Waals surface area contributed by atoms with Gasteiger partial charge in [0.2, 0.25) is 0 Å². The SMILES string of the molecule is C=C(C)CCOc1cc(C(=O)O)c(F)cc1[N+](=O)[O-]. The zero-order valence-electron chi connectivity index (χ0n) is 10.2. The summed E-state index contributed by atoms with van der Waals surface area (Å²) < 4.78 is 18.5. The molecule has 0 aromatic heterocycles. The van der Waals surface area contributed by atoms with Gasteiger partial charge in [-0.3, -0.25) is 10.1 Å². The summed E-state index contributed by atoms with van der Waals surface area (Å²) in [5, 5.41) is 19.5. The van der Waals surface area contributed by atoms with E-state index < -0.39 is 28.0 Å². The molecule has 0 radical (unpaired) electrons. The molecule has 0 aliphatic rings. The third-order valence-corrected chi connectivity index (χ3v) is 2.26. The Morgan fingerprint density at radius 1 is 1.58 bits per heavy atom. The van der Waals surface area contributed by atoms with Crippen LogP contribution in [0.4, 0.5) is 10.1 Å². The van der Waals surface area contributed by atoms with Gasteiger partial charge in [-0.05, 0) is 6.92 Å². The maximum Gasteiger partial charge on any atom is 0.338 e. The summed E-state index contributed by atoms with van der Waals surface area (Å²) >= 11 is 0. The van der Waals surface area contributed by atoms with Crippen molar-refractivity contribution in [2.75, 3.05) is 6.61 Å². The Kier molecular flexibility index (Phi) is 4.57. The molecule has 0 unspecified atom stereocenters. The maximum absolute atomic E-state index is 13.3. The molecule has 7 heteroatoms. The lowest BCUT2D eigenvalue weighted by atomic mass is 10.1. The molecular weight excluding hydrogens is 257 g/mol. The number of nitrogens with zero attached hydrogens (tertiary/aromatic N) is 1. The number of nitro groups is 1. The summed E-state index contributed by atoms with van der Waals surface area (Å²) in [5.74, 6) is -2.96. The van der Waals surface area contributed by atoms with Crippen LogP contribution in [0.2, 0.25) is 0 Å². The van der Waals surface area contributed by atoms with Gasteiger partial charge >= 0.3 is 11.7 Å². The van der Waals surface area contributed by atoms with Crippen molar-refractivity contribution in [1.82, 2.24) is 0 Å². The molecule has 1 aromatic carbocycles. The number of nitro benzene ring substituents is 1. The third kappa shape index (κ3) is 3.77. The fraction of sp³-hybridized carbons (Fsp3) is 0.250. The van der Waals surface area contributed by atoms with Crippen LogP contribution in [-0.2, 0) is 0 Å². The van der Waals surface area contributed by atoms with Gasteiger partial charge in [0.25, 0.3) is 0 Å². The number of halogens is 1. The van der Waals surface area contributed by atoms with Crippen molar-refractivity contribution in [2.24, 2.45) is 0 Å². The Morgan fingerprint density at radius 2 is 2.21 bits per heavy atom. The minimum atomic E-state index is -1.52. The van der Waals surface area contributed by atoms with Crippen LogP contribution >= 0.6 is 0 Å². The number of carbonyl (C=O) groups is 1. The van der Waals surface area contributed by atoms with E-state index in [9.17, 15) is 19.3 Å². The Morgan fingerprint density at radius 3 is 2.68 bits per heavy atom. The predicted molar refractivity (Wildman–Crippen MR) is 64.9 cm³/mol. The lowest BCUT2D eigenvalue weighted by Gasteiger charge is -2.08. The smallest absolute Gasteiger partial charge is 0.338 e. The number of hydrogen-bond donors (Lipinski definition) is 1. The van der Waals surface area contributed by atoms with Gasteiger partial charge in [0.15, 0.2) is 5.75 Å². The first-order valence-corrected chi connectivity index (χ1v) is 5.31. The molecule has 1 N–H and O–H groups in total. The first-order valence-electron chi connectivity index (χ1n) is 5.31. The molecule has 0 atom stereocenters. The van der Waals surface area contributed by atoms with Crippen molar-refractivity contribution in [3.05, 3.63) is 45.8 Å². The van der Waals surface area contributed by atoms with Gasteiger partial charge in [-0.2, -0.15) is 0 Å². The molecule has 0 heterocycles.